The molecule has 0 fully saturated rings. The lowest BCUT2D eigenvalue weighted by atomic mass is 10.0. The van der Waals surface area contributed by atoms with Gasteiger partial charge in [-0.3, -0.25) is 5.32 Å². The first-order valence-corrected chi connectivity index (χ1v) is 6.23. The average molecular weight is 217 g/mol. The van der Waals surface area contributed by atoms with Crippen molar-refractivity contribution in [3.8, 4) is 12.3 Å². The molecular weight excluding hydrogens is 202 g/mol. The van der Waals surface area contributed by atoms with Crippen molar-refractivity contribution in [2.45, 2.75) is 30.3 Å². The van der Waals surface area contributed by atoms with Crippen molar-refractivity contribution in [1.29, 1.82) is 0 Å². The second-order valence-electron chi connectivity index (χ2n) is 3.78. The Morgan fingerprint density at radius 3 is 3.13 bits per heavy atom. The molecule has 1 aliphatic rings. The molecule has 0 radical (unpaired) electrons. The zero-order valence-electron chi connectivity index (χ0n) is 8.86. The van der Waals surface area contributed by atoms with Crippen molar-refractivity contribution in [3.63, 3.8) is 0 Å². The van der Waals surface area contributed by atoms with Crippen LogP contribution in [-0.2, 0) is 0 Å². The molecule has 2 unspecified atom stereocenters. The SMILES string of the molecule is C#CC(C)NC1CCSc2ccccc21. The van der Waals surface area contributed by atoms with E-state index in [1.165, 1.54) is 16.2 Å². The van der Waals surface area contributed by atoms with Gasteiger partial charge in [0.15, 0.2) is 0 Å². The Bertz CT molecular complexity index is 380. The zero-order chi connectivity index (χ0) is 10.7. The number of fused-ring (bicyclic) bond motifs is 1. The minimum atomic E-state index is 0.145. The Kier molecular flexibility index (Phi) is 3.35. The molecule has 0 aromatic heterocycles. The van der Waals surface area contributed by atoms with E-state index in [1.54, 1.807) is 0 Å². The van der Waals surface area contributed by atoms with E-state index in [-0.39, 0.29) is 6.04 Å². The maximum atomic E-state index is 5.39. The first-order chi connectivity index (χ1) is 7.31. The van der Waals surface area contributed by atoms with Crippen LogP contribution in [0.2, 0.25) is 0 Å². The number of thioether (sulfide) groups is 1. The van der Waals surface area contributed by atoms with E-state index >= 15 is 0 Å². The molecule has 0 saturated carbocycles. The lowest BCUT2D eigenvalue weighted by Gasteiger charge is -2.27. The maximum Gasteiger partial charge on any atom is 0.0663 e. The monoisotopic (exact) mass is 217 g/mol. The Morgan fingerprint density at radius 1 is 1.53 bits per heavy atom. The van der Waals surface area contributed by atoms with Crippen LogP contribution in [0, 0.1) is 12.3 Å². The molecule has 2 heteroatoms. The van der Waals surface area contributed by atoms with E-state index in [9.17, 15) is 0 Å². The summed E-state index contributed by atoms with van der Waals surface area (Å²) >= 11 is 1.94. The number of hydrogen-bond acceptors (Lipinski definition) is 2. The summed E-state index contributed by atoms with van der Waals surface area (Å²) in [5, 5.41) is 3.48. The molecule has 2 rings (SSSR count). The molecule has 1 N–H and O–H groups in total. The summed E-state index contributed by atoms with van der Waals surface area (Å²) in [4.78, 5) is 1.39. The average Bonchev–Trinajstić information content (AvgIpc) is 2.29. The van der Waals surface area contributed by atoms with Gasteiger partial charge in [-0.05, 0) is 30.7 Å². The number of benzene rings is 1. The van der Waals surface area contributed by atoms with Gasteiger partial charge in [0.25, 0.3) is 0 Å². The molecule has 15 heavy (non-hydrogen) atoms. The summed E-state index contributed by atoms with van der Waals surface area (Å²) in [5.41, 5.74) is 1.40. The van der Waals surface area contributed by atoms with Crippen LogP contribution in [0.5, 0.6) is 0 Å². The molecule has 2 atom stereocenters. The van der Waals surface area contributed by atoms with E-state index in [1.807, 2.05) is 18.7 Å². The predicted octanol–water partition coefficient (Wildman–Crippen LogP) is 2.83. The minimum absolute atomic E-state index is 0.145. The van der Waals surface area contributed by atoms with E-state index in [0.717, 1.165) is 6.42 Å². The maximum absolute atomic E-state index is 5.39. The number of terminal acetylenes is 1. The molecule has 0 amide bonds. The van der Waals surface area contributed by atoms with Crippen LogP contribution in [0.25, 0.3) is 0 Å². The third kappa shape index (κ3) is 2.37. The second kappa shape index (κ2) is 4.74. The normalized spacial score (nSPS) is 21.5. The molecule has 1 nitrogen and oxygen atoms in total. The standard InChI is InChI=1S/C13H15NS/c1-3-10(2)14-12-8-9-15-13-7-5-4-6-11(12)13/h1,4-7,10,12,14H,8-9H2,2H3. The van der Waals surface area contributed by atoms with Gasteiger partial charge in [0.1, 0.15) is 0 Å². The topological polar surface area (TPSA) is 12.0 Å². The second-order valence-corrected chi connectivity index (χ2v) is 4.92. The molecule has 78 valence electrons. The highest BCUT2D eigenvalue weighted by Gasteiger charge is 2.20. The highest BCUT2D eigenvalue weighted by molar-refractivity contribution is 7.99. The van der Waals surface area contributed by atoms with Crippen LogP contribution in [0.1, 0.15) is 24.9 Å². The molecule has 0 aliphatic carbocycles. The Hall–Kier alpha value is -0.910. The van der Waals surface area contributed by atoms with Crippen molar-refractivity contribution in [2.75, 3.05) is 5.75 Å². The fourth-order valence-corrected chi connectivity index (χ4v) is 2.99. The van der Waals surface area contributed by atoms with Crippen LogP contribution in [0.4, 0.5) is 0 Å². The molecule has 1 aliphatic heterocycles. The Labute approximate surface area is 95.7 Å². The van der Waals surface area contributed by atoms with E-state index in [0.29, 0.717) is 6.04 Å². The molecule has 0 saturated heterocycles. The summed E-state index contributed by atoms with van der Waals surface area (Å²) in [6, 6.07) is 9.15. The lowest BCUT2D eigenvalue weighted by molar-refractivity contribution is 0.490. The molecule has 1 aromatic carbocycles. The van der Waals surface area contributed by atoms with Gasteiger partial charge in [-0.25, -0.2) is 0 Å². The van der Waals surface area contributed by atoms with Gasteiger partial charge in [0.2, 0.25) is 0 Å². The van der Waals surface area contributed by atoms with Gasteiger partial charge in [0, 0.05) is 10.9 Å². The third-order valence-electron chi connectivity index (χ3n) is 2.66. The third-order valence-corrected chi connectivity index (χ3v) is 3.78. The highest BCUT2D eigenvalue weighted by atomic mass is 32.2. The van der Waals surface area contributed by atoms with Gasteiger partial charge in [0.05, 0.1) is 6.04 Å². The van der Waals surface area contributed by atoms with Crippen molar-refractivity contribution in [1.82, 2.24) is 5.32 Å². The Balaban J connectivity index is 2.19. The summed E-state index contributed by atoms with van der Waals surface area (Å²) in [7, 11) is 0. The van der Waals surface area contributed by atoms with E-state index < -0.39 is 0 Å². The molecule has 0 bridgehead atoms. The first-order valence-electron chi connectivity index (χ1n) is 5.25. The fraction of sp³-hybridized carbons (Fsp3) is 0.385. The zero-order valence-corrected chi connectivity index (χ0v) is 9.68. The van der Waals surface area contributed by atoms with Crippen molar-refractivity contribution in [2.24, 2.45) is 0 Å². The summed E-state index contributed by atoms with van der Waals surface area (Å²) in [6.45, 7) is 2.03. The number of nitrogens with one attached hydrogen (secondary N) is 1. The molecule has 0 spiro atoms. The summed E-state index contributed by atoms with van der Waals surface area (Å²) < 4.78 is 0. The van der Waals surface area contributed by atoms with Gasteiger partial charge in [-0.15, -0.1) is 18.2 Å². The van der Waals surface area contributed by atoms with Gasteiger partial charge in [-0.2, -0.15) is 0 Å². The molecule has 1 heterocycles. The number of rotatable bonds is 2. The fourth-order valence-electron chi connectivity index (χ4n) is 1.87. The van der Waals surface area contributed by atoms with Crippen LogP contribution in [-0.4, -0.2) is 11.8 Å². The number of hydrogen-bond donors (Lipinski definition) is 1. The highest BCUT2D eigenvalue weighted by Crippen LogP contribution is 2.35. The molecular formula is C13H15NS. The predicted molar refractivity (Wildman–Crippen MR) is 66.0 cm³/mol. The van der Waals surface area contributed by atoms with Crippen LogP contribution in [0.3, 0.4) is 0 Å². The smallest absolute Gasteiger partial charge is 0.0663 e. The van der Waals surface area contributed by atoms with Crippen LogP contribution < -0.4 is 5.32 Å². The van der Waals surface area contributed by atoms with Gasteiger partial charge in [-0.1, -0.05) is 24.1 Å². The minimum Gasteiger partial charge on any atom is -0.297 e. The van der Waals surface area contributed by atoms with E-state index in [4.69, 9.17) is 6.42 Å². The van der Waals surface area contributed by atoms with Gasteiger partial charge >= 0.3 is 0 Å². The van der Waals surface area contributed by atoms with Crippen molar-refractivity contribution >= 4 is 11.8 Å². The van der Waals surface area contributed by atoms with Crippen LogP contribution in [0.15, 0.2) is 29.2 Å². The summed E-state index contributed by atoms with van der Waals surface area (Å²) in [5.74, 6) is 3.90. The molecule has 1 aromatic rings. The van der Waals surface area contributed by atoms with Crippen molar-refractivity contribution in [3.05, 3.63) is 29.8 Å². The largest absolute Gasteiger partial charge is 0.297 e. The first kappa shape index (κ1) is 10.6. The quantitative estimate of drug-likeness (QED) is 0.765. The van der Waals surface area contributed by atoms with E-state index in [2.05, 4.69) is 35.5 Å². The lowest BCUT2D eigenvalue weighted by Crippen LogP contribution is -2.31. The van der Waals surface area contributed by atoms with Crippen LogP contribution >= 0.6 is 11.8 Å². The Morgan fingerprint density at radius 2 is 2.33 bits per heavy atom. The van der Waals surface area contributed by atoms with Gasteiger partial charge < -0.3 is 0 Å². The summed E-state index contributed by atoms with van der Waals surface area (Å²) in [6.07, 6.45) is 6.55. The van der Waals surface area contributed by atoms with Crippen molar-refractivity contribution < 1.29 is 0 Å².